The first-order valence-electron chi connectivity index (χ1n) is 10.9. The van der Waals surface area contributed by atoms with E-state index in [1.807, 2.05) is 0 Å². The highest BCUT2D eigenvalue weighted by Gasteiger charge is 2.16. The molecule has 0 unspecified atom stereocenters. The molecule has 4 heteroatoms. The Morgan fingerprint density at radius 3 is 2.04 bits per heavy atom. The fourth-order valence-electron chi connectivity index (χ4n) is 3.42. The highest BCUT2D eigenvalue weighted by molar-refractivity contribution is 5.22. The van der Waals surface area contributed by atoms with Crippen molar-refractivity contribution in [2.45, 2.75) is 46.6 Å². The van der Waals surface area contributed by atoms with E-state index in [0.29, 0.717) is 0 Å². The second-order valence-corrected chi connectivity index (χ2v) is 8.05. The first-order valence-corrected chi connectivity index (χ1v) is 10.9. The summed E-state index contributed by atoms with van der Waals surface area (Å²) in [5.41, 5.74) is 2.85. The highest BCUT2D eigenvalue weighted by atomic mass is 16.5. The molecule has 0 spiro atoms. The molecule has 0 radical (unpaired) electrons. The van der Waals surface area contributed by atoms with Crippen LogP contribution in [0.4, 0.5) is 0 Å². The van der Waals surface area contributed by atoms with Gasteiger partial charge in [-0.05, 0) is 36.3 Å². The van der Waals surface area contributed by atoms with Crippen molar-refractivity contribution in [3.8, 4) is 0 Å². The fraction of sp³-hybridized carbons (Fsp3) is 0.739. The SMILES string of the molecule is CCc1ccc(CN2CCN(CCOCCOCCCC(C)C)CC2)cc1. The Morgan fingerprint density at radius 1 is 0.815 bits per heavy atom. The predicted octanol–water partition coefficient (Wildman–Crippen LogP) is 3.84. The van der Waals surface area contributed by atoms with Gasteiger partial charge in [-0.25, -0.2) is 0 Å². The van der Waals surface area contributed by atoms with Crippen LogP contribution in [0.15, 0.2) is 24.3 Å². The third-order valence-corrected chi connectivity index (χ3v) is 5.30. The van der Waals surface area contributed by atoms with Gasteiger partial charge in [0.15, 0.2) is 0 Å². The second-order valence-electron chi connectivity index (χ2n) is 8.05. The minimum absolute atomic E-state index is 0.718. The molecule has 1 aliphatic heterocycles. The van der Waals surface area contributed by atoms with Crippen LogP contribution in [0.3, 0.4) is 0 Å². The van der Waals surface area contributed by atoms with Crippen molar-refractivity contribution in [1.82, 2.24) is 9.80 Å². The number of ether oxygens (including phenoxy) is 2. The Balaban J connectivity index is 1.46. The number of hydrogen-bond acceptors (Lipinski definition) is 4. The van der Waals surface area contributed by atoms with Gasteiger partial charge in [0, 0.05) is 45.9 Å². The van der Waals surface area contributed by atoms with Crippen LogP contribution in [-0.2, 0) is 22.4 Å². The van der Waals surface area contributed by atoms with Gasteiger partial charge in [0.2, 0.25) is 0 Å². The van der Waals surface area contributed by atoms with E-state index in [4.69, 9.17) is 9.47 Å². The van der Waals surface area contributed by atoms with Crippen LogP contribution in [0.1, 0.15) is 44.7 Å². The molecular weight excluding hydrogens is 336 g/mol. The summed E-state index contributed by atoms with van der Waals surface area (Å²) in [5, 5.41) is 0. The van der Waals surface area contributed by atoms with Gasteiger partial charge in [-0.1, -0.05) is 45.0 Å². The quantitative estimate of drug-likeness (QED) is 0.489. The van der Waals surface area contributed by atoms with Gasteiger partial charge < -0.3 is 9.47 Å². The van der Waals surface area contributed by atoms with Crippen molar-refractivity contribution in [3.63, 3.8) is 0 Å². The van der Waals surface area contributed by atoms with Gasteiger partial charge >= 0.3 is 0 Å². The van der Waals surface area contributed by atoms with Crippen LogP contribution in [0.2, 0.25) is 0 Å². The Morgan fingerprint density at radius 2 is 1.41 bits per heavy atom. The summed E-state index contributed by atoms with van der Waals surface area (Å²) in [6.45, 7) is 16.5. The standard InChI is InChI=1S/C23H40N2O2/c1-4-22-7-9-23(10-8-22)20-25-13-11-24(12-14-25)15-17-27-19-18-26-16-5-6-21(2)3/h7-10,21H,4-6,11-20H2,1-3H3. The lowest BCUT2D eigenvalue weighted by atomic mass is 10.1. The van der Waals surface area contributed by atoms with Crippen LogP contribution in [0.25, 0.3) is 0 Å². The average Bonchev–Trinajstić information content (AvgIpc) is 2.68. The van der Waals surface area contributed by atoms with Crippen molar-refractivity contribution in [1.29, 1.82) is 0 Å². The topological polar surface area (TPSA) is 24.9 Å². The maximum absolute atomic E-state index is 5.73. The minimum atomic E-state index is 0.718. The average molecular weight is 377 g/mol. The predicted molar refractivity (Wildman–Crippen MR) is 113 cm³/mol. The first kappa shape index (κ1) is 22.4. The molecule has 1 aliphatic rings. The molecule has 1 fully saturated rings. The van der Waals surface area contributed by atoms with Gasteiger partial charge in [-0.2, -0.15) is 0 Å². The summed E-state index contributed by atoms with van der Waals surface area (Å²) in [7, 11) is 0. The molecule has 0 N–H and O–H groups in total. The molecule has 1 saturated heterocycles. The molecule has 1 aromatic carbocycles. The number of benzene rings is 1. The van der Waals surface area contributed by atoms with Crippen molar-refractivity contribution in [2.24, 2.45) is 5.92 Å². The molecule has 0 amide bonds. The van der Waals surface area contributed by atoms with E-state index in [2.05, 4.69) is 54.8 Å². The van der Waals surface area contributed by atoms with Crippen LogP contribution in [0, 0.1) is 5.92 Å². The number of rotatable bonds is 13. The largest absolute Gasteiger partial charge is 0.379 e. The van der Waals surface area contributed by atoms with Crippen LogP contribution >= 0.6 is 0 Å². The fourth-order valence-corrected chi connectivity index (χ4v) is 3.42. The molecule has 0 bridgehead atoms. The lowest BCUT2D eigenvalue weighted by Crippen LogP contribution is -2.46. The van der Waals surface area contributed by atoms with E-state index >= 15 is 0 Å². The second kappa shape index (κ2) is 13.3. The number of aryl methyl sites for hydroxylation is 1. The Hall–Kier alpha value is -0.940. The van der Waals surface area contributed by atoms with Crippen molar-refractivity contribution < 1.29 is 9.47 Å². The highest BCUT2D eigenvalue weighted by Crippen LogP contribution is 2.10. The van der Waals surface area contributed by atoms with Gasteiger partial charge in [-0.3, -0.25) is 9.80 Å². The molecule has 4 nitrogen and oxygen atoms in total. The number of piperazine rings is 1. The lowest BCUT2D eigenvalue weighted by molar-refractivity contribution is 0.0298. The normalized spacial score (nSPS) is 16.3. The minimum Gasteiger partial charge on any atom is -0.379 e. The summed E-state index contributed by atoms with van der Waals surface area (Å²) in [6, 6.07) is 9.09. The number of hydrogen-bond donors (Lipinski definition) is 0. The van der Waals surface area contributed by atoms with Gasteiger partial charge in [-0.15, -0.1) is 0 Å². The van der Waals surface area contributed by atoms with Gasteiger partial charge in [0.05, 0.1) is 19.8 Å². The Bertz CT molecular complexity index is 482. The lowest BCUT2D eigenvalue weighted by Gasteiger charge is -2.34. The molecule has 2 rings (SSSR count). The van der Waals surface area contributed by atoms with E-state index < -0.39 is 0 Å². The zero-order valence-corrected chi connectivity index (χ0v) is 17.8. The molecular formula is C23H40N2O2. The summed E-state index contributed by atoms with van der Waals surface area (Å²) in [6.07, 6.45) is 3.52. The molecule has 0 saturated carbocycles. The molecule has 0 atom stereocenters. The third kappa shape index (κ3) is 9.70. The zero-order chi connectivity index (χ0) is 19.3. The Kier molecular flexibility index (Phi) is 11.0. The maximum atomic E-state index is 5.73. The Labute approximate surface area is 166 Å². The van der Waals surface area contributed by atoms with E-state index in [1.54, 1.807) is 0 Å². The summed E-state index contributed by atoms with van der Waals surface area (Å²) >= 11 is 0. The molecule has 1 aromatic rings. The van der Waals surface area contributed by atoms with Gasteiger partial charge in [0.1, 0.15) is 0 Å². The maximum Gasteiger partial charge on any atom is 0.0701 e. The number of nitrogens with zero attached hydrogens (tertiary/aromatic N) is 2. The van der Waals surface area contributed by atoms with Crippen molar-refractivity contribution in [2.75, 3.05) is 59.2 Å². The van der Waals surface area contributed by atoms with Crippen LogP contribution < -0.4 is 0 Å². The van der Waals surface area contributed by atoms with Crippen molar-refractivity contribution >= 4 is 0 Å². The van der Waals surface area contributed by atoms with E-state index in [9.17, 15) is 0 Å². The molecule has 27 heavy (non-hydrogen) atoms. The summed E-state index contributed by atoms with van der Waals surface area (Å²) < 4.78 is 11.3. The third-order valence-electron chi connectivity index (χ3n) is 5.30. The van der Waals surface area contributed by atoms with Gasteiger partial charge in [0.25, 0.3) is 0 Å². The first-order chi connectivity index (χ1) is 13.2. The van der Waals surface area contributed by atoms with Crippen LogP contribution in [-0.4, -0.2) is 69.0 Å². The van der Waals surface area contributed by atoms with E-state index in [0.717, 1.165) is 84.5 Å². The van der Waals surface area contributed by atoms with Crippen molar-refractivity contribution in [3.05, 3.63) is 35.4 Å². The zero-order valence-electron chi connectivity index (χ0n) is 17.8. The molecule has 1 heterocycles. The van der Waals surface area contributed by atoms with E-state index in [1.165, 1.54) is 17.5 Å². The smallest absolute Gasteiger partial charge is 0.0701 e. The van der Waals surface area contributed by atoms with Crippen LogP contribution in [0.5, 0.6) is 0 Å². The monoisotopic (exact) mass is 376 g/mol. The summed E-state index contributed by atoms with van der Waals surface area (Å²) in [5.74, 6) is 0.770. The van der Waals surface area contributed by atoms with E-state index in [-0.39, 0.29) is 0 Å². The molecule has 0 aliphatic carbocycles. The summed E-state index contributed by atoms with van der Waals surface area (Å²) in [4.78, 5) is 5.07. The molecule has 0 aromatic heterocycles. The molecule has 154 valence electrons.